The van der Waals surface area contributed by atoms with Gasteiger partial charge in [0.15, 0.2) is 5.70 Å². The minimum Gasteiger partial charge on any atom is -0.402 e. The summed E-state index contributed by atoms with van der Waals surface area (Å²) in [5.74, 6) is -0.477. The molecule has 0 spiro atoms. The van der Waals surface area contributed by atoms with Crippen LogP contribution in [0.1, 0.15) is 21.6 Å². The molecule has 3 rings (SSSR count). The predicted octanol–water partition coefficient (Wildman–Crippen LogP) is 3.62. The monoisotopic (exact) mass is 328 g/mol. The molecule has 0 N–H and O–H groups in total. The molecule has 1 aliphatic heterocycles. The van der Waals surface area contributed by atoms with Gasteiger partial charge in [-0.2, -0.15) is 0 Å². The summed E-state index contributed by atoms with van der Waals surface area (Å²) < 4.78 is 5.15. The molecular formula is C16H12N2O4S. The van der Waals surface area contributed by atoms with Crippen LogP contribution in [0.3, 0.4) is 0 Å². The number of nitro benzene ring substituents is 1. The van der Waals surface area contributed by atoms with Gasteiger partial charge in [-0.05, 0) is 43.0 Å². The molecule has 116 valence electrons. The molecule has 0 bridgehead atoms. The Balaban J connectivity index is 1.99. The van der Waals surface area contributed by atoms with Crippen LogP contribution >= 0.6 is 11.3 Å². The van der Waals surface area contributed by atoms with E-state index >= 15 is 0 Å². The Bertz CT molecular complexity index is 880. The Morgan fingerprint density at radius 1 is 1.26 bits per heavy atom. The van der Waals surface area contributed by atoms with E-state index in [9.17, 15) is 14.9 Å². The maximum absolute atomic E-state index is 11.9. The van der Waals surface area contributed by atoms with Crippen molar-refractivity contribution in [2.75, 3.05) is 0 Å². The van der Waals surface area contributed by atoms with Crippen molar-refractivity contribution in [3.63, 3.8) is 0 Å². The van der Waals surface area contributed by atoms with Crippen molar-refractivity contribution in [1.29, 1.82) is 0 Å². The molecule has 0 atom stereocenters. The highest BCUT2D eigenvalue weighted by molar-refractivity contribution is 7.11. The minimum absolute atomic E-state index is 0.0345. The van der Waals surface area contributed by atoms with Crippen LogP contribution < -0.4 is 0 Å². The molecule has 1 aliphatic rings. The molecule has 0 saturated heterocycles. The maximum Gasteiger partial charge on any atom is 0.363 e. The number of aliphatic imine (C=N–C) groups is 1. The van der Waals surface area contributed by atoms with Crippen LogP contribution in [-0.4, -0.2) is 16.8 Å². The fraction of sp³-hybridized carbons (Fsp3) is 0.125. The third kappa shape index (κ3) is 2.91. The van der Waals surface area contributed by atoms with Gasteiger partial charge in [-0.25, -0.2) is 9.79 Å². The normalized spacial score (nSPS) is 15.7. The minimum atomic E-state index is -0.559. The average molecular weight is 328 g/mol. The number of hydrogen-bond acceptors (Lipinski definition) is 6. The molecule has 23 heavy (non-hydrogen) atoms. The first-order valence-electron chi connectivity index (χ1n) is 6.78. The Morgan fingerprint density at radius 2 is 2.04 bits per heavy atom. The van der Waals surface area contributed by atoms with Crippen molar-refractivity contribution in [2.24, 2.45) is 4.99 Å². The first-order chi connectivity index (χ1) is 11.0. The summed E-state index contributed by atoms with van der Waals surface area (Å²) in [6, 6.07) is 6.56. The van der Waals surface area contributed by atoms with E-state index in [1.807, 2.05) is 18.4 Å². The number of hydrogen-bond donors (Lipinski definition) is 0. The molecule has 2 heterocycles. The molecule has 0 amide bonds. The van der Waals surface area contributed by atoms with Crippen LogP contribution in [0.15, 0.2) is 40.3 Å². The Labute approximate surface area is 135 Å². The fourth-order valence-electron chi connectivity index (χ4n) is 2.13. The quantitative estimate of drug-likeness (QED) is 0.373. The highest BCUT2D eigenvalue weighted by Gasteiger charge is 2.26. The van der Waals surface area contributed by atoms with Crippen LogP contribution in [0.4, 0.5) is 5.69 Å². The summed E-state index contributed by atoms with van der Waals surface area (Å²) in [5.41, 5.74) is 2.14. The van der Waals surface area contributed by atoms with E-state index in [0.717, 1.165) is 10.4 Å². The second-order valence-electron chi connectivity index (χ2n) is 5.06. The van der Waals surface area contributed by atoms with Crippen molar-refractivity contribution in [1.82, 2.24) is 0 Å². The maximum atomic E-state index is 11.9. The number of aryl methyl sites for hydroxylation is 2. The summed E-state index contributed by atoms with van der Waals surface area (Å²) in [7, 11) is 0. The zero-order chi connectivity index (χ0) is 16.6. The van der Waals surface area contributed by atoms with Crippen molar-refractivity contribution in [2.45, 2.75) is 13.8 Å². The number of carbonyl (C=O) groups excluding carboxylic acids is 1. The van der Waals surface area contributed by atoms with Gasteiger partial charge in [0.25, 0.3) is 5.69 Å². The van der Waals surface area contributed by atoms with Gasteiger partial charge < -0.3 is 4.74 Å². The van der Waals surface area contributed by atoms with E-state index in [4.69, 9.17) is 4.74 Å². The number of cyclic esters (lactones) is 1. The standard InChI is InChI=1S/C16H12N2O4S/c1-9-3-4-11(7-13(9)18(20)21)15-17-12(16(19)22-15)8-14-10(2)5-6-23-14/h3-8H,1-2H3/b12-8-. The first-order valence-corrected chi connectivity index (χ1v) is 7.66. The number of rotatable bonds is 3. The molecule has 1 aromatic carbocycles. The SMILES string of the molecule is Cc1ccc(C2=N/C(=C\c3sccc3C)C(=O)O2)cc1[N+](=O)[O-]. The van der Waals surface area contributed by atoms with Crippen molar-refractivity contribution >= 4 is 35.0 Å². The third-order valence-corrected chi connectivity index (χ3v) is 4.41. The number of ether oxygens (including phenoxy) is 1. The second kappa shape index (κ2) is 5.77. The smallest absolute Gasteiger partial charge is 0.363 e. The first kappa shape index (κ1) is 15.1. The molecule has 7 heteroatoms. The van der Waals surface area contributed by atoms with E-state index in [1.54, 1.807) is 25.1 Å². The molecular weight excluding hydrogens is 316 g/mol. The van der Waals surface area contributed by atoms with Gasteiger partial charge in [0.2, 0.25) is 5.90 Å². The van der Waals surface area contributed by atoms with Gasteiger partial charge in [0.1, 0.15) is 0 Å². The number of nitro groups is 1. The lowest BCUT2D eigenvalue weighted by molar-refractivity contribution is -0.385. The predicted molar refractivity (Wildman–Crippen MR) is 87.5 cm³/mol. The van der Waals surface area contributed by atoms with Crippen molar-refractivity contribution in [3.8, 4) is 0 Å². The van der Waals surface area contributed by atoms with Gasteiger partial charge >= 0.3 is 5.97 Å². The molecule has 0 aliphatic carbocycles. The number of nitrogens with zero attached hydrogens (tertiary/aromatic N) is 2. The third-order valence-electron chi connectivity index (χ3n) is 3.44. The van der Waals surface area contributed by atoms with Crippen molar-refractivity contribution < 1.29 is 14.5 Å². The van der Waals surface area contributed by atoms with E-state index in [-0.39, 0.29) is 17.3 Å². The molecule has 0 fully saturated rings. The molecule has 6 nitrogen and oxygen atoms in total. The van der Waals surface area contributed by atoms with E-state index in [0.29, 0.717) is 11.1 Å². The van der Waals surface area contributed by atoms with Crippen LogP contribution in [0.25, 0.3) is 6.08 Å². The average Bonchev–Trinajstić information content (AvgIpc) is 3.07. The van der Waals surface area contributed by atoms with Crippen LogP contribution in [0, 0.1) is 24.0 Å². The zero-order valence-corrected chi connectivity index (χ0v) is 13.2. The number of esters is 1. The summed E-state index contributed by atoms with van der Waals surface area (Å²) in [4.78, 5) is 27.6. The highest BCUT2D eigenvalue weighted by Crippen LogP contribution is 2.26. The highest BCUT2D eigenvalue weighted by atomic mass is 32.1. The lowest BCUT2D eigenvalue weighted by atomic mass is 10.1. The van der Waals surface area contributed by atoms with E-state index in [2.05, 4.69) is 4.99 Å². The summed E-state index contributed by atoms with van der Waals surface area (Å²) in [5, 5.41) is 12.9. The summed E-state index contributed by atoms with van der Waals surface area (Å²) in [6.07, 6.45) is 1.66. The fourth-order valence-corrected chi connectivity index (χ4v) is 2.98. The van der Waals surface area contributed by atoms with Gasteiger partial charge in [0, 0.05) is 22.1 Å². The van der Waals surface area contributed by atoms with Crippen LogP contribution in [-0.2, 0) is 9.53 Å². The van der Waals surface area contributed by atoms with Gasteiger partial charge in [0.05, 0.1) is 4.92 Å². The molecule has 0 radical (unpaired) electrons. The Hall–Kier alpha value is -2.80. The van der Waals surface area contributed by atoms with Gasteiger partial charge in [-0.1, -0.05) is 6.07 Å². The van der Waals surface area contributed by atoms with Gasteiger partial charge in [-0.15, -0.1) is 11.3 Å². The molecule has 0 saturated carbocycles. The molecule has 0 unspecified atom stereocenters. The largest absolute Gasteiger partial charge is 0.402 e. The second-order valence-corrected chi connectivity index (χ2v) is 6.01. The van der Waals surface area contributed by atoms with Crippen molar-refractivity contribution in [3.05, 3.63) is 67.0 Å². The topological polar surface area (TPSA) is 81.8 Å². The molecule has 1 aromatic heterocycles. The Kier molecular flexibility index (Phi) is 3.79. The lowest BCUT2D eigenvalue weighted by Gasteiger charge is -2.01. The van der Waals surface area contributed by atoms with Crippen LogP contribution in [0.2, 0.25) is 0 Å². The van der Waals surface area contributed by atoms with E-state index in [1.165, 1.54) is 17.4 Å². The number of carbonyl (C=O) groups is 1. The summed E-state index contributed by atoms with van der Waals surface area (Å²) >= 11 is 1.50. The number of thiophene rings is 1. The number of benzene rings is 1. The molecule has 2 aromatic rings. The van der Waals surface area contributed by atoms with Gasteiger partial charge in [-0.3, -0.25) is 10.1 Å². The summed E-state index contributed by atoms with van der Waals surface area (Å²) in [6.45, 7) is 3.59. The van der Waals surface area contributed by atoms with E-state index < -0.39 is 10.9 Å². The van der Waals surface area contributed by atoms with Crippen LogP contribution in [0.5, 0.6) is 0 Å². The Morgan fingerprint density at radius 3 is 2.70 bits per heavy atom. The zero-order valence-electron chi connectivity index (χ0n) is 12.4. The lowest BCUT2D eigenvalue weighted by Crippen LogP contribution is -2.06.